The van der Waals surface area contributed by atoms with Crippen molar-refractivity contribution in [2.24, 2.45) is 11.7 Å². The highest BCUT2D eigenvalue weighted by Gasteiger charge is 2.07. The van der Waals surface area contributed by atoms with Crippen molar-refractivity contribution in [1.29, 1.82) is 0 Å². The number of hydrogen-bond acceptors (Lipinski definition) is 2. The number of hydrogen-bond donors (Lipinski definition) is 1. The average molecular weight is 259 g/mol. The van der Waals surface area contributed by atoms with Crippen LogP contribution in [0.4, 0.5) is 0 Å². The van der Waals surface area contributed by atoms with E-state index in [-0.39, 0.29) is 6.04 Å². The number of nitrogens with two attached hydrogens (primary N) is 1. The SMILES string of the molecule is CC(C)CSCC(N)c1ccc2ccccc2c1. The standard InChI is InChI=1S/C16H21NS/c1-12(2)10-18-11-16(17)15-8-7-13-5-3-4-6-14(13)9-15/h3-9,12,16H,10-11,17H2,1-2H3. The maximum absolute atomic E-state index is 6.25. The van der Waals surface area contributed by atoms with Crippen LogP contribution in [0.15, 0.2) is 42.5 Å². The summed E-state index contributed by atoms with van der Waals surface area (Å²) in [6, 6.07) is 15.1. The lowest BCUT2D eigenvalue weighted by Gasteiger charge is -2.13. The van der Waals surface area contributed by atoms with Crippen LogP contribution in [0.5, 0.6) is 0 Å². The number of benzene rings is 2. The molecule has 0 aliphatic rings. The Bertz CT molecular complexity index is 507. The van der Waals surface area contributed by atoms with E-state index in [1.807, 2.05) is 11.8 Å². The van der Waals surface area contributed by atoms with Crippen molar-refractivity contribution in [2.75, 3.05) is 11.5 Å². The molecule has 1 nitrogen and oxygen atoms in total. The lowest BCUT2D eigenvalue weighted by atomic mass is 10.0. The maximum atomic E-state index is 6.25. The minimum Gasteiger partial charge on any atom is -0.323 e. The van der Waals surface area contributed by atoms with Gasteiger partial charge in [0.2, 0.25) is 0 Å². The van der Waals surface area contributed by atoms with Crippen molar-refractivity contribution in [2.45, 2.75) is 19.9 Å². The van der Waals surface area contributed by atoms with E-state index >= 15 is 0 Å². The van der Waals surface area contributed by atoms with Crippen LogP contribution in [0.1, 0.15) is 25.5 Å². The topological polar surface area (TPSA) is 26.0 Å². The molecular formula is C16H21NS. The number of fused-ring (bicyclic) bond motifs is 1. The Morgan fingerprint density at radius 1 is 1.00 bits per heavy atom. The summed E-state index contributed by atoms with van der Waals surface area (Å²) >= 11 is 1.94. The maximum Gasteiger partial charge on any atom is 0.0387 e. The largest absolute Gasteiger partial charge is 0.323 e. The van der Waals surface area contributed by atoms with Gasteiger partial charge in [-0.2, -0.15) is 11.8 Å². The van der Waals surface area contributed by atoms with Crippen LogP contribution in [0.2, 0.25) is 0 Å². The molecule has 0 amide bonds. The molecule has 2 N–H and O–H groups in total. The van der Waals surface area contributed by atoms with Gasteiger partial charge in [-0.25, -0.2) is 0 Å². The normalized spacial score (nSPS) is 13.1. The van der Waals surface area contributed by atoms with Gasteiger partial charge in [0, 0.05) is 11.8 Å². The molecule has 0 aromatic heterocycles. The first-order valence-corrected chi connectivity index (χ1v) is 7.64. The first-order valence-electron chi connectivity index (χ1n) is 6.49. The average Bonchev–Trinajstić information content (AvgIpc) is 2.37. The van der Waals surface area contributed by atoms with Crippen LogP contribution in [0.25, 0.3) is 10.8 Å². The first-order chi connectivity index (χ1) is 8.66. The molecule has 0 fully saturated rings. The highest BCUT2D eigenvalue weighted by Crippen LogP contribution is 2.22. The van der Waals surface area contributed by atoms with Crippen molar-refractivity contribution < 1.29 is 0 Å². The summed E-state index contributed by atoms with van der Waals surface area (Å²) in [5.41, 5.74) is 7.49. The van der Waals surface area contributed by atoms with Crippen molar-refractivity contribution >= 4 is 22.5 Å². The molecule has 1 atom stereocenters. The third-order valence-electron chi connectivity index (χ3n) is 2.95. The van der Waals surface area contributed by atoms with E-state index < -0.39 is 0 Å². The lowest BCUT2D eigenvalue weighted by Crippen LogP contribution is -2.13. The quantitative estimate of drug-likeness (QED) is 0.869. The molecule has 0 aliphatic heterocycles. The fraction of sp³-hybridized carbons (Fsp3) is 0.375. The Kier molecular flexibility index (Phi) is 4.67. The second-order valence-electron chi connectivity index (χ2n) is 5.14. The van der Waals surface area contributed by atoms with Crippen LogP contribution in [0, 0.1) is 5.92 Å². The summed E-state index contributed by atoms with van der Waals surface area (Å²) in [6.07, 6.45) is 0. The van der Waals surface area contributed by atoms with E-state index in [2.05, 4.69) is 56.3 Å². The predicted octanol–water partition coefficient (Wildman–Crippen LogP) is 4.23. The van der Waals surface area contributed by atoms with E-state index in [1.165, 1.54) is 22.1 Å². The van der Waals surface area contributed by atoms with Crippen LogP contribution in [-0.2, 0) is 0 Å². The lowest BCUT2D eigenvalue weighted by molar-refractivity contribution is 0.746. The van der Waals surface area contributed by atoms with Crippen LogP contribution < -0.4 is 5.73 Å². The third-order valence-corrected chi connectivity index (χ3v) is 4.45. The minimum atomic E-state index is 0.137. The zero-order valence-corrected chi connectivity index (χ0v) is 11.9. The molecule has 2 rings (SSSR count). The second-order valence-corrected chi connectivity index (χ2v) is 6.22. The Hall–Kier alpha value is -0.990. The monoisotopic (exact) mass is 259 g/mol. The Labute approximate surface area is 114 Å². The zero-order chi connectivity index (χ0) is 13.0. The molecule has 18 heavy (non-hydrogen) atoms. The Balaban J connectivity index is 2.06. The molecule has 0 aliphatic carbocycles. The molecule has 96 valence electrons. The van der Waals surface area contributed by atoms with Gasteiger partial charge in [0.05, 0.1) is 0 Å². The van der Waals surface area contributed by atoms with E-state index in [9.17, 15) is 0 Å². The highest BCUT2D eigenvalue weighted by atomic mass is 32.2. The van der Waals surface area contributed by atoms with Crippen molar-refractivity contribution in [1.82, 2.24) is 0 Å². The first kappa shape index (κ1) is 13.4. The predicted molar refractivity (Wildman–Crippen MR) is 83.0 cm³/mol. The number of thioether (sulfide) groups is 1. The molecule has 0 spiro atoms. The Morgan fingerprint density at radius 2 is 1.72 bits per heavy atom. The molecule has 1 unspecified atom stereocenters. The van der Waals surface area contributed by atoms with Gasteiger partial charge in [0.1, 0.15) is 0 Å². The third kappa shape index (κ3) is 3.50. The summed E-state index contributed by atoms with van der Waals surface area (Å²) in [5.74, 6) is 2.91. The molecule has 0 bridgehead atoms. The van der Waals surface area contributed by atoms with E-state index in [1.54, 1.807) is 0 Å². The molecule has 0 saturated heterocycles. The molecule has 2 aromatic carbocycles. The van der Waals surface area contributed by atoms with Gasteiger partial charge in [-0.15, -0.1) is 0 Å². The fourth-order valence-electron chi connectivity index (χ4n) is 1.97. The molecule has 0 saturated carbocycles. The molecule has 2 heteroatoms. The van der Waals surface area contributed by atoms with E-state index in [0.29, 0.717) is 0 Å². The number of rotatable bonds is 5. The van der Waals surface area contributed by atoms with Gasteiger partial charge in [-0.3, -0.25) is 0 Å². The zero-order valence-electron chi connectivity index (χ0n) is 11.1. The molecular weight excluding hydrogens is 238 g/mol. The highest BCUT2D eigenvalue weighted by molar-refractivity contribution is 7.99. The van der Waals surface area contributed by atoms with Crippen LogP contribution in [0.3, 0.4) is 0 Å². The van der Waals surface area contributed by atoms with Gasteiger partial charge in [-0.1, -0.05) is 50.2 Å². The van der Waals surface area contributed by atoms with Crippen molar-refractivity contribution in [3.8, 4) is 0 Å². The van der Waals surface area contributed by atoms with Crippen molar-refractivity contribution in [3.05, 3.63) is 48.0 Å². The van der Waals surface area contributed by atoms with Gasteiger partial charge in [-0.05, 0) is 34.1 Å². The second kappa shape index (κ2) is 6.26. The summed E-state index contributed by atoms with van der Waals surface area (Å²) in [4.78, 5) is 0. The summed E-state index contributed by atoms with van der Waals surface area (Å²) < 4.78 is 0. The minimum absolute atomic E-state index is 0.137. The molecule has 0 heterocycles. The smallest absolute Gasteiger partial charge is 0.0387 e. The van der Waals surface area contributed by atoms with Crippen LogP contribution in [-0.4, -0.2) is 11.5 Å². The van der Waals surface area contributed by atoms with Gasteiger partial charge in [0.25, 0.3) is 0 Å². The fourth-order valence-corrected chi connectivity index (χ4v) is 3.02. The van der Waals surface area contributed by atoms with Gasteiger partial charge >= 0.3 is 0 Å². The van der Waals surface area contributed by atoms with Crippen LogP contribution >= 0.6 is 11.8 Å². The Morgan fingerprint density at radius 3 is 2.44 bits per heavy atom. The molecule has 2 aromatic rings. The summed E-state index contributed by atoms with van der Waals surface area (Å²) in [5, 5.41) is 2.56. The molecule has 0 radical (unpaired) electrons. The van der Waals surface area contributed by atoms with Gasteiger partial charge in [0.15, 0.2) is 0 Å². The van der Waals surface area contributed by atoms with Crippen molar-refractivity contribution in [3.63, 3.8) is 0 Å². The van der Waals surface area contributed by atoms with E-state index in [4.69, 9.17) is 5.73 Å². The summed E-state index contributed by atoms with van der Waals surface area (Å²) in [7, 11) is 0. The van der Waals surface area contributed by atoms with E-state index in [0.717, 1.165) is 11.7 Å². The van der Waals surface area contributed by atoms with Gasteiger partial charge < -0.3 is 5.73 Å². The summed E-state index contributed by atoms with van der Waals surface area (Å²) in [6.45, 7) is 4.49.